The number of rotatable bonds is 15. The van der Waals surface area contributed by atoms with E-state index < -0.39 is 11.9 Å². The number of carbonyl (C=O) groups excluding carboxylic acids is 4. The number of anilines is 1. The molecule has 2 heterocycles. The lowest BCUT2D eigenvalue weighted by molar-refractivity contribution is -0.137. The minimum Gasteiger partial charge on any atom is -0.379 e. The maximum absolute atomic E-state index is 12.9. The number of piperidine rings is 1. The summed E-state index contributed by atoms with van der Waals surface area (Å²) in [4.78, 5) is 50.4. The molecule has 1 atom stereocenters. The third kappa shape index (κ3) is 7.86. The van der Waals surface area contributed by atoms with Crippen molar-refractivity contribution in [3.8, 4) is 12.3 Å². The van der Waals surface area contributed by atoms with Gasteiger partial charge in [0.25, 0.3) is 5.91 Å². The molecule has 0 saturated carbocycles. The molecule has 1 fully saturated rings. The van der Waals surface area contributed by atoms with Gasteiger partial charge in [-0.3, -0.25) is 24.5 Å². The van der Waals surface area contributed by atoms with Crippen molar-refractivity contribution in [2.75, 3.05) is 58.2 Å². The van der Waals surface area contributed by atoms with Gasteiger partial charge in [-0.1, -0.05) is 12.0 Å². The molecule has 1 aromatic rings. The molecule has 2 N–H and O–H groups in total. The Bertz CT molecular complexity index is 990. The molecule has 3 rings (SSSR count). The van der Waals surface area contributed by atoms with E-state index in [1.165, 1.54) is 4.90 Å². The van der Waals surface area contributed by atoms with Gasteiger partial charge in [0, 0.05) is 29.8 Å². The van der Waals surface area contributed by atoms with Gasteiger partial charge in [-0.2, -0.15) is 0 Å². The Morgan fingerprint density at radius 1 is 1.03 bits per heavy atom. The lowest BCUT2D eigenvalue weighted by atomic mass is 10.0. The van der Waals surface area contributed by atoms with Gasteiger partial charge < -0.3 is 29.2 Å². The quantitative estimate of drug-likeness (QED) is 0.201. The van der Waals surface area contributed by atoms with Crippen molar-refractivity contribution in [1.82, 2.24) is 10.2 Å². The Balaban J connectivity index is 1.33. The minimum atomic E-state index is -0.707. The fourth-order valence-electron chi connectivity index (χ4n) is 3.87. The standard InChI is InChI=1S/C25H31N3O8/c1-2-9-33-11-13-35-15-16-36-14-12-34-10-8-23(30)26-20-5-3-4-18-19(20)17-28(25(18)32)21-6-7-22(29)27-24(21)31/h1,3-5,21H,6-17H2,(H,26,30)(H,27,29,31). The van der Waals surface area contributed by atoms with Gasteiger partial charge in [0.2, 0.25) is 17.7 Å². The van der Waals surface area contributed by atoms with Crippen molar-refractivity contribution in [2.24, 2.45) is 0 Å². The fourth-order valence-corrected chi connectivity index (χ4v) is 3.87. The summed E-state index contributed by atoms with van der Waals surface area (Å²) in [6.45, 7) is 3.14. The number of nitrogens with zero attached hydrogens (tertiary/aromatic N) is 1. The molecule has 0 aromatic heterocycles. The number of terminal acetylenes is 1. The van der Waals surface area contributed by atoms with Crippen LogP contribution in [-0.2, 0) is 39.9 Å². The van der Waals surface area contributed by atoms with Gasteiger partial charge in [-0.05, 0) is 18.6 Å². The Kier molecular flexibility index (Phi) is 10.8. The van der Waals surface area contributed by atoms with E-state index in [1.54, 1.807) is 18.2 Å². The van der Waals surface area contributed by atoms with Crippen molar-refractivity contribution in [3.05, 3.63) is 29.3 Å². The van der Waals surface area contributed by atoms with Crippen LogP contribution in [0.2, 0.25) is 0 Å². The van der Waals surface area contributed by atoms with Crippen LogP contribution >= 0.6 is 0 Å². The molecule has 1 unspecified atom stereocenters. The molecular weight excluding hydrogens is 470 g/mol. The molecule has 1 aromatic carbocycles. The molecule has 194 valence electrons. The maximum Gasteiger partial charge on any atom is 0.255 e. The molecule has 0 spiro atoms. The summed E-state index contributed by atoms with van der Waals surface area (Å²) < 4.78 is 21.2. The van der Waals surface area contributed by atoms with Crippen LogP contribution in [0.5, 0.6) is 0 Å². The maximum atomic E-state index is 12.9. The number of carbonyl (C=O) groups is 4. The second-order valence-electron chi connectivity index (χ2n) is 8.12. The average molecular weight is 502 g/mol. The van der Waals surface area contributed by atoms with E-state index in [0.29, 0.717) is 56.5 Å². The van der Waals surface area contributed by atoms with Gasteiger partial charge in [0.15, 0.2) is 0 Å². The normalized spacial score (nSPS) is 17.0. The first kappa shape index (κ1) is 27.3. The highest BCUT2D eigenvalue weighted by atomic mass is 16.6. The lowest BCUT2D eigenvalue weighted by Crippen LogP contribution is -2.52. The predicted molar refractivity (Wildman–Crippen MR) is 128 cm³/mol. The van der Waals surface area contributed by atoms with E-state index >= 15 is 0 Å². The largest absolute Gasteiger partial charge is 0.379 e. The number of fused-ring (bicyclic) bond motifs is 1. The van der Waals surface area contributed by atoms with Gasteiger partial charge in [-0.25, -0.2) is 0 Å². The van der Waals surface area contributed by atoms with Gasteiger partial charge >= 0.3 is 0 Å². The monoisotopic (exact) mass is 501 g/mol. The highest BCUT2D eigenvalue weighted by Crippen LogP contribution is 2.32. The molecule has 0 bridgehead atoms. The number of imide groups is 1. The summed E-state index contributed by atoms with van der Waals surface area (Å²) in [5.41, 5.74) is 1.61. The summed E-state index contributed by atoms with van der Waals surface area (Å²) in [6.07, 6.45) is 5.66. The van der Waals surface area contributed by atoms with E-state index in [-0.39, 0.29) is 56.7 Å². The van der Waals surface area contributed by atoms with Gasteiger partial charge in [-0.15, -0.1) is 6.42 Å². The second-order valence-corrected chi connectivity index (χ2v) is 8.12. The van der Waals surface area contributed by atoms with Crippen LogP contribution in [0, 0.1) is 12.3 Å². The van der Waals surface area contributed by atoms with E-state index in [1.807, 2.05) is 0 Å². The molecule has 36 heavy (non-hydrogen) atoms. The van der Waals surface area contributed by atoms with E-state index in [0.717, 1.165) is 0 Å². The SMILES string of the molecule is C#CCOCCOCCOCCOCCC(=O)Nc1cccc2c1CN(C1CCC(=O)NC1=O)C2=O. The number of hydrogen-bond acceptors (Lipinski definition) is 8. The Hall–Kier alpha value is -3.30. The van der Waals surface area contributed by atoms with Crippen LogP contribution in [-0.4, -0.2) is 87.4 Å². The smallest absolute Gasteiger partial charge is 0.255 e. The summed E-state index contributed by atoms with van der Waals surface area (Å²) in [6, 6.07) is 4.36. The van der Waals surface area contributed by atoms with Crippen molar-refractivity contribution < 1.29 is 38.1 Å². The number of ether oxygens (including phenoxy) is 4. The molecule has 2 aliphatic rings. The highest BCUT2D eigenvalue weighted by Gasteiger charge is 2.39. The summed E-state index contributed by atoms with van der Waals surface area (Å²) in [5, 5.41) is 5.11. The summed E-state index contributed by atoms with van der Waals surface area (Å²) >= 11 is 0. The molecule has 11 nitrogen and oxygen atoms in total. The molecule has 4 amide bonds. The van der Waals surface area contributed by atoms with Crippen LogP contribution < -0.4 is 10.6 Å². The topological polar surface area (TPSA) is 132 Å². The first-order valence-corrected chi connectivity index (χ1v) is 11.8. The Morgan fingerprint density at radius 2 is 1.69 bits per heavy atom. The van der Waals surface area contributed by atoms with Crippen LogP contribution in [0.1, 0.15) is 35.2 Å². The fraction of sp³-hybridized carbons (Fsp3) is 0.520. The minimum absolute atomic E-state index is 0.134. The number of hydrogen-bond donors (Lipinski definition) is 2. The van der Waals surface area contributed by atoms with Crippen LogP contribution in [0.15, 0.2) is 18.2 Å². The highest BCUT2D eigenvalue weighted by molar-refractivity contribution is 6.06. The van der Waals surface area contributed by atoms with Crippen LogP contribution in [0.25, 0.3) is 0 Å². The van der Waals surface area contributed by atoms with E-state index in [2.05, 4.69) is 16.6 Å². The first-order chi connectivity index (χ1) is 17.5. The average Bonchev–Trinajstić information content (AvgIpc) is 3.19. The molecule has 0 radical (unpaired) electrons. The van der Waals surface area contributed by atoms with Gasteiger partial charge in [0.05, 0.1) is 52.7 Å². The Morgan fingerprint density at radius 3 is 2.36 bits per heavy atom. The predicted octanol–water partition coefficient (Wildman–Crippen LogP) is 0.476. The van der Waals surface area contributed by atoms with E-state index in [4.69, 9.17) is 25.4 Å². The van der Waals surface area contributed by atoms with Crippen LogP contribution in [0.3, 0.4) is 0 Å². The zero-order valence-electron chi connectivity index (χ0n) is 20.1. The second kappa shape index (κ2) is 14.3. The van der Waals surface area contributed by atoms with Crippen molar-refractivity contribution in [3.63, 3.8) is 0 Å². The molecule has 0 aliphatic carbocycles. The number of benzene rings is 1. The number of nitrogens with one attached hydrogen (secondary N) is 2. The van der Waals surface area contributed by atoms with Crippen molar-refractivity contribution >= 4 is 29.3 Å². The number of amides is 4. The zero-order chi connectivity index (χ0) is 25.8. The van der Waals surface area contributed by atoms with E-state index in [9.17, 15) is 19.2 Å². The first-order valence-electron chi connectivity index (χ1n) is 11.8. The van der Waals surface area contributed by atoms with Crippen molar-refractivity contribution in [2.45, 2.75) is 31.8 Å². The summed E-state index contributed by atoms with van der Waals surface area (Å²) in [5.74, 6) is 1.02. The van der Waals surface area contributed by atoms with Crippen LogP contribution in [0.4, 0.5) is 5.69 Å². The molecule has 2 aliphatic heterocycles. The molecule has 11 heteroatoms. The molecular formula is C25H31N3O8. The third-order valence-electron chi connectivity index (χ3n) is 5.63. The van der Waals surface area contributed by atoms with Crippen molar-refractivity contribution in [1.29, 1.82) is 0 Å². The summed E-state index contributed by atoms with van der Waals surface area (Å²) in [7, 11) is 0. The molecule has 1 saturated heterocycles. The third-order valence-corrected chi connectivity index (χ3v) is 5.63. The van der Waals surface area contributed by atoms with Gasteiger partial charge in [0.1, 0.15) is 12.6 Å². The zero-order valence-corrected chi connectivity index (χ0v) is 20.1. The lowest BCUT2D eigenvalue weighted by Gasteiger charge is -2.29. The Labute approximate surface area is 209 Å².